The van der Waals surface area contributed by atoms with Gasteiger partial charge in [0.2, 0.25) is 0 Å². The average Bonchev–Trinajstić information content (AvgIpc) is 2.73. The van der Waals surface area contributed by atoms with Gasteiger partial charge in [0.15, 0.2) is 0 Å². The zero-order valence-electron chi connectivity index (χ0n) is 16.9. The molecule has 1 unspecified atom stereocenters. The van der Waals surface area contributed by atoms with Crippen molar-refractivity contribution in [3.63, 3.8) is 0 Å². The molecule has 0 aliphatic carbocycles. The van der Waals surface area contributed by atoms with Crippen molar-refractivity contribution >= 4 is 0 Å². The van der Waals surface area contributed by atoms with Crippen molar-refractivity contribution in [3.05, 3.63) is 89.7 Å². The van der Waals surface area contributed by atoms with Crippen LogP contribution in [0.15, 0.2) is 72.8 Å². The van der Waals surface area contributed by atoms with Crippen LogP contribution in [0.25, 0.3) is 0 Å². The van der Waals surface area contributed by atoms with Crippen LogP contribution in [0.4, 0.5) is 17.6 Å². The van der Waals surface area contributed by atoms with E-state index in [1.807, 2.05) is 24.3 Å². The minimum atomic E-state index is -4.42. The molecule has 0 spiro atoms. The lowest BCUT2D eigenvalue weighted by Crippen LogP contribution is -2.25. The fraction of sp³-hybridized carbons (Fsp3) is 0.250. The van der Waals surface area contributed by atoms with E-state index in [1.54, 1.807) is 6.92 Å². The Balaban J connectivity index is 0.000000322. The van der Waals surface area contributed by atoms with Crippen molar-refractivity contribution in [1.29, 1.82) is 0 Å². The van der Waals surface area contributed by atoms with Crippen LogP contribution >= 0.6 is 0 Å². The fourth-order valence-electron chi connectivity index (χ4n) is 2.90. The summed E-state index contributed by atoms with van der Waals surface area (Å²) in [6.45, 7) is 1.73. The van der Waals surface area contributed by atoms with Crippen molar-refractivity contribution in [2.75, 3.05) is 13.2 Å². The highest BCUT2D eigenvalue weighted by atomic mass is 19.4. The summed E-state index contributed by atoms with van der Waals surface area (Å²) in [4.78, 5) is 0. The minimum Gasteiger partial charge on any atom is -0.494 e. The Morgan fingerprint density at radius 2 is 1.52 bits per heavy atom. The molecule has 0 aromatic heterocycles. The summed E-state index contributed by atoms with van der Waals surface area (Å²) in [7, 11) is 0. The number of halogens is 4. The molecule has 5 rings (SSSR count). The van der Waals surface area contributed by atoms with Crippen molar-refractivity contribution in [3.8, 4) is 17.2 Å². The van der Waals surface area contributed by atoms with Crippen LogP contribution in [0, 0.1) is 5.82 Å². The maximum absolute atomic E-state index is 13.3. The lowest BCUT2D eigenvalue weighted by molar-refractivity contribution is -0.163. The fourth-order valence-corrected chi connectivity index (χ4v) is 2.90. The van der Waals surface area contributed by atoms with Crippen LogP contribution in [-0.4, -0.2) is 19.4 Å². The van der Waals surface area contributed by atoms with Gasteiger partial charge in [-0.2, -0.15) is 13.2 Å². The summed E-state index contributed by atoms with van der Waals surface area (Å²) >= 11 is 0. The highest BCUT2D eigenvalue weighted by molar-refractivity contribution is 5.43. The van der Waals surface area contributed by atoms with E-state index in [9.17, 15) is 17.6 Å². The zero-order chi connectivity index (χ0) is 22.3. The number of hydrogen-bond acceptors (Lipinski definition) is 3. The second kappa shape index (κ2) is 10.3. The number of fused-ring (bicyclic) bond motifs is 2. The van der Waals surface area contributed by atoms with Gasteiger partial charge in [-0.15, -0.1) is 0 Å². The third kappa shape index (κ3) is 6.72. The van der Waals surface area contributed by atoms with E-state index >= 15 is 0 Å². The molecule has 164 valence electrons. The molecular formula is C24H22F4O3. The maximum Gasteiger partial charge on any atom is 0.397 e. The number of rotatable bonds is 7. The van der Waals surface area contributed by atoms with Crippen molar-refractivity contribution in [2.45, 2.75) is 25.6 Å². The smallest absolute Gasteiger partial charge is 0.397 e. The van der Waals surface area contributed by atoms with Gasteiger partial charge in [0, 0.05) is 6.07 Å². The van der Waals surface area contributed by atoms with Gasteiger partial charge in [-0.05, 0) is 54.4 Å². The van der Waals surface area contributed by atoms with E-state index in [2.05, 4.69) is 0 Å². The third-order valence-electron chi connectivity index (χ3n) is 4.50. The number of hydrogen-bond donors (Lipinski definition) is 0. The van der Waals surface area contributed by atoms with Gasteiger partial charge in [0.1, 0.15) is 29.0 Å². The molecule has 3 nitrogen and oxygen atoms in total. The molecule has 7 heteroatoms. The standard InChI is InChI=1S/C18H18F4O2.C6H4O/c1-2-24-16-9-5-14(6-10-16)17(18(20,21)22)12-23-11-13-3-7-15(19)8-4-13;1-2-5-4-6(3-1)7-5/h3-10,17H,2,11-12H2,1H3;1-4H. The molecule has 3 aromatic carbocycles. The first-order valence-electron chi connectivity index (χ1n) is 9.74. The van der Waals surface area contributed by atoms with E-state index in [0.717, 1.165) is 11.5 Å². The Morgan fingerprint density at radius 1 is 0.903 bits per heavy atom. The molecule has 0 fully saturated rings. The van der Waals surface area contributed by atoms with Crippen LogP contribution in [0.2, 0.25) is 0 Å². The SMILES string of the molecule is CCOc1ccc(C(COCc2ccc(F)cc2)C(F)(F)F)cc1.c1cc2cc(c1)O2. The molecule has 1 atom stereocenters. The Labute approximate surface area is 178 Å². The predicted octanol–water partition coefficient (Wildman–Crippen LogP) is 6.88. The van der Waals surface area contributed by atoms with Crippen LogP contribution < -0.4 is 9.47 Å². The van der Waals surface area contributed by atoms with Gasteiger partial charge in [-0.25, -0.2) is 4.39 Å². The second-order valence-corrected chi connectivity index (χ2v) is 6.81. The molecule has 0 saturated carbocycles. The van der Waals surface area contributed by atoms with Crippen LogP contribution in [0.3, 0.4) is 0 Å². The van der Waals surface area contributed by atoms with E-state index in [4.69, 9.17) is 14.2 Å². The third-order valence-corrected chi connectivity index (χ3v) is 4.50. The van der Waals surface area contributed by atoms with Gasteiger partial charge >= 0.3 is 6.18 Å². The van der Waals surface area contributed by atoms with Crippen molar-refractivity contribution in [1.82, 2.24) is 0 Å². The zero-order valence-corrected chi connectivity index (χ0v) is 16.9. The largest absolute Gasteiger partial charge is 0.494 e. The monoisotopic (exact) mass is 434 g/mol. The normalized spacial score (nSPS) is 12.7. The van der Waals surface area contributed by atoms with E-state index < -0.39 is 24.5 Å². The molecular weight excluding hydrogens is 412 g/mol. The van der Waals surface area contributed by atoms with Gasteiger partial charge in [0.05, 0.1) is 19.8 Å². The molecule has 3 aromatic rings. The second-order valence-electron chi connectivity index (χ2n) is 6.81. The highest BCUT2D eigenvalue weighted by Crippen LogP contribution is 2.36. The molecule has 0 saturated heterocycles. The number of ether oxygens (including phenoxy) is 3. The Morgan fingerprint density at radius 3 is 1.97 bits per heavy atom. The minimum absolute atomic E-state index is 0.0100. The van der Waals surface area contributed by atoms with Gasteiger partial charge < -0.3 is 14.2 Å². The summed E-state index contributed by atoms with van der Waals surface area (Å²) in [5.41, 5.74) is 0.731. The summed E-state index contributed by atoms with van der Waals surface area (Å²) in [5.74, 6) is 0.360. The first kappa shape index (κ1) is 22.6. The van der Waals surface area contributed by atoms with Crippen LogP contribution in [0.5, 0.6) is 17.2 Å². The lowest BCUT2D eigenvalue weighted by Gasteiger charge is -2.21. The van der Waals surface area contributed by atoms with Gasteiger partial charge in [-0.3, -0.25) is 0 Å². The molecule has 2 heterocycles. The van der Waals surface area contributed by atoms with E-state index in [0.29, 0.717) is 17.9 Å². The van der Waals surface area contributed by atoms with E-state index in [1.165, 1.54) is 48.5 Å². The molecule has 0 N–H and O–H groups in total. The lowest BCUT2D eigenvalue weighted by atomic mass is 9.99. The first-order valence-corrected chi connectivity index (χ1v) is 9.74. The maximum atomic E-state index is 13.3. The number of benzene rings is 3. The van der Waals surface area contributed by atoms with Gasteiger partial charge in [0.25, 0.3) is 0 Å². The predicted molar refractivity (Wildman–Crippen MR) is 109 cm³/mol. The summed E-state index contributed by atoms with van der Waals surface area (Å²) in [6.07, 6.45) is -4.42. The summed E-state index contributed by atoms with van der Waals surface area (Å²) < 4.78 is 68.1. The Kier molecular flexibility index (Phi) is 7.52. The molecule has 0 amide bonds. The molecule has 2 aliphatic rings. The quantitative estimate of drug-likeness (QED) is 0.297. The average molecular weight is 434 g/mol. The Bertz CT molecular complexity index is 929. The van der Waals surface area contributed by atoms with Crippen molar-refractivity contribution < 1.29 is 31.8 Å². The number of alkyl halides is 3. The highest BCUT2D eigenvalue weighted by Gasteiger charge is 2.40. The molecule has 31 heavy (non-hydrogen) atoms. The molecule has 2 aliphatic heterocycles. The molecule has 2 bridgehead atoms. The molecule has 0 radical (unpaired) electrons. The van der Waals surface area contributed by atoms with Gasteiger partial charge in [-0.1, -0.05) is 30.3 Å². The first-order chi connectivity index (χ1) is 14.8. The van der Waals surface area contributed by atoms with Crippen LogP contribution in [0.1, 0.15) is 24.0 Å². The summed E-state index contributed by atoms with van der Waals surface area (Å²) in [5, 5.41) is 0. The van der Waals surface area contributed by atoms with Crippen LogP contribution in [-0.2, 0) is 11.3 Å². The van der Waals surface area contributed by atoms with E-state index in [-0.39, 0.29) is 12.2 Å². The van der Waals surface area contributed by atoms with Crippen molar-refractivity contribution in [2.24, 2.45) is 0 Å². The Hall–Kier alpha value is -3.06. The topological polar surface area (TPSA) is 27.7 Å². The summed E-state index contributed by atoms with van der Waals surface area (Å²) in [6, 6.07) is 19.1.